The largest absolute Gasteiger partial charge is 0.496 e. The average Bonchev–Trinajstić information content (AvgIpc) is 3.53. The van der Waals surface area contributed by atoms with E-state index in [4.69, 9.17) is 9.57 Å². The highest BCUT2D eigenvalue weighted by Gasteiger charge is 2.57. The van der Waals surface area contributed by atoms with Gasteiger partial charge in [0.05, 0.1) is 26.4 Å². The highest BCUT2D eigenvalue weighted by atomic mass is 19.1. The number of ether oxygens (including phenoxy) is 1. The molecule has 1 aliphatic heterocycles. The second kappa shape index (κ2) is 17.4. The molecule has 57 heavy (non-hydrogen) atoms. The van der Waals surface area contributed by atoms with Gasteiger partial charge in [0.2, 0.25) is 5.91 Å². The highest BCUT2D eigenvalue weighted by molar-refractivity contribution is 5.97. The number of aromatic nitrogens is 1. The van der Waals surface area contributed by atoms with Crippen molar-refractivity contribution in [2.45, 2.75) is 83.8 Å². The zero-order chi connectivity index (χ0) is 41.3. The lowest BCUT2D eigenvalue weighted by Gasteiger charge is -2.62. The number of hydroxylamine groups is 2. The fourth-order valence-electron chi connectivity index (χ4n) is 9.67. The Balaban J connectivity index is 1.31. The Morgan fingerprint density at radius 3 is 2.47 bits per heavy atom. The average molecular weight is 789 g/mol. The van der Waals surface area contributed by atoms with Crippen LogP contribution in [0.3, 0.4) is 0 Å². The summed E-state index contributed by atoms with van der Waals surface area (Å²) in [6, 6.07) is 12.6. The van der Waals surface area contributed by atoms with E-state index in [1.165, 1.54) is 24.3 Å². The van der Waals surface area contributed by atoms with Crippen LogP contribution in [0.2, 0.25) is 0 Å². The maximum atomic E-state index is 15.8. The summed E-state index contributed by atoms with van der Waals surface area (Å²) < 4.78 is 21.8. The number of rotatable bonds is 15. The maximum Gasteiger partial charge on any atom is 0.251 e. The van der Waals surface area contributed by atoms with Crippen molar-refractivity contribution in [3.05, 3.63) is 77.4 Å². The first-order chi connectivity index (χ1) is 27.0. The number of nitrogens with zero attached hydrogens (tertiary/aromatic N) is 4. The molecule has 1 saturated heterocycles. The normalized spacial score (nSPS) is 26.4. The van der Waals surface area contributed by atoms with Gasteiger partial charge >= 0.3 is 0 Å². The van der Waals surface area contributed by atoms with Crippen LogP contribution in [0, 0.1) is 34.9 Å². The number of hydrogen-bond acceptors (Lipinski definition) is 10. The van der Waals surface area contributed by atoms with E-state index in [0.29, 0.717) is 52.8 Å². The lowest BCUT2D eigenvalue weighted by Crippen LogP contribution is -2.62. The fraction of sp³-hybridized carbons (Fsp3) is 0.568. The molecular weight excluding hydrogens is 728 g/mol. The van der Waals surface area contributed by atoms with Crippen molar-refractivity contribution in [3.63, 3.8) is 0 Å². The van der Waals surface area contributed by atoms with E-state index in [-0.39, 0.29) is 41.8 Å². The van der Waals surface area contributed by atoms with E-state index in [0.717, 1.165) is 24.2 Å². The Morgan fingerprint density at radius 1 is 1.12 bits per heavy atom. The molecule has 7 rings (SSSR count). The van der Waals surface area contributed by atoms with Crippen LogP contribution in [0.5, 0.6) is 5.75 Å². The van der Waals surface area contributed by atoms with Crippen molar-refractivity contribution in [1.82, 2.24) is 25.6 Å². The van der Waals surface area contributed by atoms with Crippen LogP contribution in [-0.4, -0.2) is 116 Å². The van der Waals surface area contributed by atoms with Crippen molar-refractivity contribution in [2.75, 3.05) is 53.4 Å². The number of fused-ring (bicyclic) bond motifs is 2. The number of nitrogens with one attached hydrogen (secondary N) is 2. The molecule has 3 aliphatic carbocycles. The molecule has 12 nitrogen and oxygen atoms in total. The molecule has 9 atom stereocenters. The van der Waals surface area contributed by atoms with Gasteiger partial charge in [0, 0.05) is 79.3 Å². The summed E-state index contributed by atoms with van der Waals surface area (Å²) in [4.78, 5) is 42.8. The minimum absolute atomic E-state index is 0.0298. The van der Waals surface area contributed by atoms with Gasteiger partial charge in [0.15, 0.2) is 0 Å². The number of hydrogen-bond donors (Lipinski definition) is 4. The van der Waals surface area contributed by atoms with E-state index in [2.05, 4.69) is 36.4 Å². The predicted octanol–water partition coefficient (Wildman–Crippen LogP) is 4.53. The van der Waals surface area contributed by atoms with E-state index >= 15 is 4.39 Å². The summed E-state index contributed by atoms with van der Waals surface area (Å²) in [5, 5.41) is 29.3. The van der Waals surface area contributed by atoms with Crippen molar-refractivity contribution in [2.24, 2.45) is 29.1 Å². The Hall–Kier alpha value is -4.14. The smallest absolute Gasteiger partial charge is 0.251 e. The minimum Gasteiger partial charge on any atom is -0.496 e. The molecule has 4 N–H and O–H groups in total. The molecule has 3 aromatic rings. The molecule has 4 aliphatic rings. The first-order valence-electron chi connectivity index (χ1n) is 20.1. The summed E-state index contributed by atoms with van der Waals surface area (Å²) >= 11 is 0. The van der Waals surface area contributed by atoms with Crippen LogP contribution in [0.4, 0.5) is 10.1 Å². The zero-order valence-corrected chi connectivity index (χ0v) is 34.8. The predicted molar refractivity (Wildman–Crippen MR) is 218 cm³/mol. The van der Waals surface area contributed by atoms with Crippen LogP contribution in [-0.2, 0) is 22.6 Å². The molecular formula is C44H61FN6O6. The van der Waals surface area contributed by atoms with E-state index in [1.807, 2.05) is 62.3 Å². The monoisotopic (exact) mass is 788 g/mol. The van der Waals surface area contributed by atoms with Crippen LogP contribution in [0.1, 0.15) is 62.2 Å². The Bertz CT molecular complexity index is 1890. The molecule has 1 aromatic heterocycles. The van der Waals surface area contributed by atoms with Gasteiger partial charge in [0.25, 0.3) is 5.91 Å². The number of aliphatic hydroxyl groups excluding tert-OH is 2. The van der Waals surface area contributed by atoms with E-state index < -0.39 is 36.6 Å². The number of benzene rings is 2. The number of aliphatic hydroxyl groups is 2. The van der Waals surface area contributed by atoms with Crippen LogP contribution < -0.4 is 20.3 Å². The summed E-state index contributed by atoms with van der Waals surface area (Å²) in [7, 11) is 9.14. The SMILES string of the molecule is COc1c(CN2O[C@@H](CO)[C@@H]([C@H](C)O)[C@H]2C(=O)N[C@H]2C[C@H]3C[C@@H]([C@@H]2C)C3(C)C)cc(F)cc1-c1cc(C(=O)N[C@@H](Cc2ccccn2)CN(C)C)cc(N(C)C)c1. The Labute approximate surface area is 336 Å². The number of amides is 2. The Morgan fingerprint density at radius 2 is 1.88 bits per heavy atom. The molecule has 2 amide bonds. The van der Waals surface area contributed by atoms with E-state index in [1.54, 1.807) is 25.3 Å². The molecule has 310 valence electrons. The van der Waals surface area contributed by atoms with Crippen LogP contribution in [0.25, 0.3) is 11.1 Å². The second-order valence-electron chi connectivity index (χ2n) is 17.5. The zero-order valence-electron chi connectivity index (χ0n) is 34.8. The number of carbonyl (C=O) groups is 2. The molecule has 2 bridgehead atoms. The van der Waals surface area contributed by atoms with Gasteiger partial charge in [-0.2, -0.15) is 5.06 Å². The number of halogens is 1. The van der Waals surface area contributed by atoms with Crippen molar-refractivity contribution in [3.8, 4) is 16.9 Å². The summed E-state index contributed by atoms with van der Waals surface area (Å²) in [5.74, 6) is -0.230. The van der Waals surface area contributed by atoms with Crippen LogP contribution in [0.15, 0.2) is 54.7 Å². The summed E-state index contributed by atoms with van der Waals surface area (Å²) in [5.41, 5.74) is 3.57. The third-order valence-corrected chi connectivity index (χ3v) is 12.8. The number of methoxy groups -OCH3 is 1. The van der Waals surface area contributed by atoms with Crippen molar-refractivity contribution >= 4 is 17.5 Å². The molecule has 4 fully saturated rings. The molecule has 0 radical (unpaired) electrons. The molecule has 2 aromatic carbocycles. The van der Waals surface area contributed by atoms with Gasteiger partial charge < -0.3 is 35.4 Å². The quantitative estimate of drug-likeness (QED) is 0.174. The molecule has 13 heteroatoms. The van der Waals surface area contributed by atoms with Crippen molar-refractivity contribution < 1.29 is 33.8 Å². The highest BCUT2D eigenvalue weighted by Crippen LogP contribution is 2.61. The Kier molecular flexibility index (Phi) is 12.9. The molecule has 0 spiro atoms. The lowest BCUT2D eigenvalue weighted by atomic mass is 9.45. The standard InChI is InChI=1S/C44H61FN6O6/c1-25-36-18-30(44(36,3)4)19-37(25)48-43(55)40-39(26(2)53)38(24-52)57-51(40)22-29-15-31(45)20-35(41(29)56-9)27-14-28(17-34(16-27)50(7)8)42(54)47-33(23-49(5)6)21-32-12-10-11-13-46-32/h10-17,20,25-26,30,33,36-40,52-53H,18-19,21-24H2,1-9H3,(H,47,54)(H,48,55)/t25-,26-,30+,33-,36-,37-,38-,39+,40-/m0/s1. The number of pyridine rings is 1. The van der Waals surface area contributed by atoms with Gasteiger partial charge in [-0.1, -0.05) is 26.8 Å². The third-order valence-electron chi connectivity index (χ3n) is 12.8. The number of carbonyl (C=O) groups excluding carboxylic acids is 2. The lowest BCUT2D eigenvalue weighted by molar-refractivity contribution is -0.183. The summed E-state index contributed by atoms with van der Waals surface area (Å²) in [6.45, 7) is 8.50. The third kappa shape index (κ3) is 8.97. The summed E-state index contributed by atoms with van der Waals surface area (Å²) in [6.07, 6.45) is 2.47. The van der Waals surface area contributed by atoms with Gasteiger partial charge in [-0.25, -0.2) is 4.39 Å². The molecule has 0 unspecified atom stereocenters. The first-order valence-corrected chi connectivity index (χ1v) is 20.1. The first kappa shape index (κ1) is 42.5. The van der Waals surface area contributed by atoms with E-state index in [9.17, 15) is 19.8 Å². The van der Waals surface area contributed by atoms with Gasteiger partial charge in [-0.3, -0.25) is 19.4 Å². The van der Waals surface area contributed by atoms with Gasteiger partial charge in [-0.05, 0) is 105 Å². The molecule has 2 heterocycles. The van der Waals surface area contributed by atoms with Crippen LogP contribution >= 0.6 is 0 Å². The number of likely N-dealkylation sites (N-methyl/N-ethyl adjacent to an activating group) is 1. The molecule has 3 saturated carbocycles. The van der Waals surface area contributed by atoms with Gasteiger partial charge in [-0.15, -0.1) is 0 Å². The van der Waals surface area contributed by atoms with Gasteiger partial charge in [0.1, 0.15) is 23.7 Å². The topological polar surface area (TPSA) is 140 Å². The maximum absolute atomic E-state index is 15.8. The minimum atomic E-state index is -0.983. The van der Waals surface area contributed by atoms with Crippen molar-refractivity contribution in [1.29, 1.82) is 0 Å². The number of anilines is 1. The second-order valence-corrected chi connectivity index (χ2v) is 17.5. The fourth-order valence-corrected chi connectivity index (χ4v) is 9.67.